The fourth-order valence-corrected chi connectivity index (χ4v) is 4.00. The lowest BCUT2D eigenvalue weighted by Crippen LogP contribution is -2.22. The first-order valence-electron chi connectivity index (χ1n) is 10.2. The number of pyridine rings is 1. The summed E-state index contributed by atoms with van der Waals surface area (Å²) < 4.78 is 20.9. The number of aromatic nitrogens is 1. The SMILES string of the molecule is COc1ccccc1NC(N)=Nc1ccc(-c2cccc(NS(=O)c3ccccc3)c2)cn1. The lowest BCUT2D eigenvalue weighted by atomic mass is 10.1. The lowest BCUT2D eigenvalue weighted by Gasteiger charge is -2.10. The van der Waals surface area contributed by atoms with E-state index in [0.717, 1.165) is 22.5 Å². The smallest absolute Gasteiger partial charge is 0.199 e. The number of nitrogens with zero attached hydrogens (tertiary/aromatic N) is 2. The molecule has 0 fully saturated rings. The number of rotatable bonds is 7. The molecule has 1 atom stereocenters. The van der Waals surface area contributed by atoms with Crippen LogP contribution in [0.4, 0.5) is 17.2 Å². The summed E-state index contributed by atoms with van der Waals surface area (Å²) in [4.78, 5) is 9.43. The minimum atomic E-state index is -1.34. The zero-order valence-corrected chi connectivity index (χ0v) is 18.8. The predicted molar refractivity (Wildman–Crippen MR) is 134 cm³/mol. The summed E-state index contributed by atoms with van der Waals surface area (Å²) in [5, 5.41) is 3.02. The molecule has 1 heterocycles. The van der Waals surface area contributed by atoms with Crippen molar-refractivity contribution in [3.8, 4) is 16.9 Å². The maximum atomic E-state index is 12.5. The molecule has 4 rings (SSSR count). The number of hydrogen-bond donors (Lipinski definition) is 3. The van der Waals surface area contributed by atoms with Gasteiger partial charge < -0.3 is 20.5 Å². The molecule has 166 valence electrons. The molecule has 4 aromatic rings. The molecular formula is C25H23N5O2S. The number of nitrogens with one attached hydrogen (secondary N) is 2. The molecule has 7 nitrogen and oxygen atoms in total. The van der Waals surface area contributed by atoms with E-state index in [4.69, 9.17) is 10.5 Å². The second-order valence-corrected chi connectivity index (χ2v) is 8.21. The Morgan fingerprint density at radius 1 is 0.939 bits per heavy atom. The molecule has 0 spiro atoms. The fraction of sp³-hybridized carbons (Fsp3) is 0.0400. The average Bonchev–Trinajstić information content (AvgIpc) is 2.85. The quantitative estimate of drug-likeness (QED) is 0.269. The van der Waals surface area contributed by atoms with E-state index < -0.39 is 11.0 Å². The molecule has 0 aliphatic carbocycles. The molecule has 0 aliphatic rings. The summed E-state index contributed by atoms with van der Waals surface area (Å²) in [6.07, 6.45) is 1.72. The molecule has 0 amide bonds. The van der Waals surface area contributed by atoms with E-state index in [1.165, 1.54) is 0 Å². The summed E-state index contributed by atoms with van der Waals surface area (Å²) in [6, 6.07) is 28.1. The Morgan fingerprint density at radius 3 is 2.48 bits per heavy atom. The number of nitrogens with two attached hydrogens (primary N) is 1. The van der Waals surface area contributed by atoms with Gasteiger partial charge in [0.1, 0.15) is 16.7 Å². The highest BCUT2D eigenvalue weighted by Gasteiger charge is 2.06. The molecule has 33 heavy (non-hydrogen) atoms. The maximum Gasteiger partial charge on any atom is 0.199 e. The Kier molecular flexibility index (Phi) is 6.96. The van der Waals surface area contributed by atoms with Crippen molar-refractivity contribution < 1.29 is 8.95 Å². The molecule has 0 saturated heterocycles. The molecule has 4 N–H and O–H groups in total. The van der Waals surface area contributed by atoms with E-state index in [9.17, 15) is 4.21 Å². The van der Waals surface area contributed by atoms with Crippen molar-refractivity contribution in [2.24, 2.45) is 10.7 Å². The summed E-state index contributed by atoms with van der Waals surface area (Å²) in [6.45, 7) is 0. The van der Waals surface area contributed by atoms with Crippen molar-refractivity contribution in [1.29, 1.82) is 0 Å². The van der Waals surface area contributed by atoms with E-state index >= 15 is 0 Å². The third-order valence-electron chi connectivity index (χ3n) is 4.72. The van der Waals surface area contributed by atoms with Crippen LogP contribution in [0.3, 0.4) is 0 Å². The highest BCUT2D eigenvalue weighted by atomic mass is 32.2. The third kappa shape index (κ3) is 5.75. The first-order chi connectivity index (χ1) is 16.1. The second-order valence-electron chi connectivity index (χ2n) is 6.99. The molecule has 1 unspecified atom stereocenters. The number of ether oxygens (including phenoxy) is 1. The van der Waals surface area contributed by atoms with Gasteiger partial charge in [0.05, 0.1) is 17.7 Å². The van der Waals surface area contributed by atoms with Crippen LogP contribution in [0.5, 0.6) is 5.75 Å². The molecule has 3 aromatic carbocycles. The van der Waals surface area contributed by atoms with Crippen molar-refractivity contribution in [2.45, 2.75) is 4.90 Å². The monoisotopic (exact) mass is 457 g/mol. The minimum absolute atomic E-state index is 0.203. The number of benzene rings is 3. The third-order valence-corrected chi connectivity index (χ3v) is 5.84. The predicted octanol–water partition coefficient (Wildman–Crippen LogP) is 4.95. The Balaban J connectivity index is 1.46. The standard InChI is InChI=1S/C25H23N5O2S/c1-32-23-13-6-5-12-22(23)28-25(26)29-24-15-14-19(17-27-24)18-8-7-9-20(16-18)30-33(31)21-10-3-2-4-11-21/h2-17,30H,1H3,(H3,26,27,28,29). The van der Waals surface area contributed by atoms with Gasteiger partial charge in [-0.15, -0.1) is 0 Å². The average molecular weight is 458 g/mol. The summed E-state index contributed by atoms with van der Waals surface area (Å²) in [5.74, 6) is 1.34. The van der Waals surface area contributed by atoms with Crippen LogP contribution in [0.2, 0.25) is 0 Å². The van der Waals surface area contributed by atoms with Gasteiger partial charge in [-0.05, 0) is 54.1 Å². The fourth-order valence-electron chi connectivity index (χ4n) is 3.13. The van der Waals surface area contributed by atoms with Crippen LogP contribution in [-0.4, -0.2) is 22.3 Å². The van der Waals surface area contributed by atoms with E-state index in [1.807, 2.05) is 84.9 Å². The number of aliphatic imine (C=N–C) groups is 1. The van der Waals surface area contributed by atoms with Crippen LogP contribution in [0.15, 0.2) is 107 Å². The van der Waals surface area contributed by atoms with E-state index in [-0.39, 0.29) is 5.96 Å². The van der Waals surface area contributed by atoms with Crippen LogP contribution in [0.25, 0.3) is 11.1 Å². The van der Waals surface area contributed by atoms with Crippen molar-refractivity contribution in [3.63, 3.8) is 0 Å². The Labute approximate surface area is 195 Å². The van der Waals surface area contributed by atoms with Gasteiger partial charge in [-0.25, -0.2) is 9.19 Å². The van der Waals surface area contributed by atoms with Crippen molar-refractivity contribution in [1.82, 2.24) is 4.98 Å². The normalized spacial score (nSPS) is 12.1. The van der Waals surface area contributed by atoms with Crippen molar-refractivity contribution in [3.05, 3.63) is 97.2 Å². The van der Waals surface area contributed by atoms with Crippen molar-refractivity contribution in [2.75, 3.05) is 17.1 Å². The van der Waals surface area contributed by atoms with E-state index in [0.29, 0.717) is 16.5 Å². The largest absolute Gasteiger partial charge is 0.495 e. The van der Waals surface area contributed by atoms with Gasteiger partial charge in [0, 0.05) is 17.4 Å². The van der Waals surface area contributed by atoms with Crippen molar-refractivity contribution >= 4 is 34.1 Å². The zero-order chi connectivity index (χ0) is 23.0. The number of para-hydroxylation sites is 2. The second kappa shape index (κ2) is 10.4. The minimum Gasteiger partial charge on any atom is -0.495 e. The zero-order valence-electron chi connectivity index (χ0n) is 17.9. The van der Waals surface area contributed by atoms with Gasteiger partial charge in [0.2, 0.25) is 0 Å². The number of anilines is 2. The number of hydrogen-bond acceptors (Lipinski definition) is 4. The Bertz CT molecular complexity index is 1280. The van der Waals surface area contributed by atoms with E-state index in [1.54, 1.807) is 19.4 Å². The van der Waals surface area contributed by atoms with E-state index in [2.05, 4.69) is 20.0 Å². The Hall–Kier alpha value is -4.17. The Morgan fingerprint density at radius 2 is 1.73 bits per heavy atom. The van der Waals surface area contributed by atoms with Gasteiger partial charge >= 0.3 is 0 Å². The molecule has 0 aliphatic heterocycles. The first-order valence-corrected chi connectivity index (χ1v) is 11.3. The van der Waals surface area contributed by atoms with Gasteiger partial charge in [-0.1, -0.05) is 42.5 Å². The molecule has 0 radical (unpaired) electrons. The van der Waals surface area contributed by atoms with Crippen LogP contribution in [0.1, 0.15) is 0 Å². The van der Waals surface area contributed by atoms with Gasteiger partial charge in [0.25, 0.3) is 0 Å². The van der Waals surface area contributed by atoms with Crippen LogP contribution in [0, 0.1) is 0 Å². The highest BCUT2D eigenvalue weighted by molar-refractivity contribution is 7.86. The maximum absolute atomic E-state index is 12.5. The molecule has 8 heteroatoms. The van der Waals surface area contributed by atoms with Crippen LogP contribution >= 0.6 is 0 Å². The summed E-state index contributed by atoms with van der Waals surface area (Å²) >= 11 is 0. The van der Waals surface area contributed by atoms with Crippen LogP contribution in [-0.2, 0) is 11.0 Å². The van der Waals surface area contributed by atoms with Gasteiger partial charge in [-0.3, -0.25) is 0 Å². The van der Waals surface area contributed by atoms with Crippen LogP contribution < -0.4 is 20.5 Å². The summed E-state index contributed by atoms with van der Waals surface area (Å²) in [5.41, 5.74) is 9.34. The molecule has 0 bridgehead atoms. The highest BCUT2D eigenvalue weighted by Crippen LogP contribution is 2.25. The lowest BCUT2D eigenvalue weighted by molar-refractivity contribution is 0.417. The topological polar surface area (TPSA) is 102 Å². The molecule has 1 aromatic heterocycles. The summed E-state index contributed by atoms with van der Waals surface area (Å²) in [7, 11) is 0.253. The van der Waals surface area contributed by atoms with Gasteiger partial charge in [0.15, 0.2) is 11.8 Å². The number of guanidine groups is 1. The molecular weight excluding hydrogens is 434 g/mol. The van der Waals surface area contributed by atoms with Gasteiger partial charge in [-0.2, -0.15) is 4.99 Å². The molecule has 0 saturated carbocycles. The first kappa shape index (κ1) is 22.0. The number of methoxy groups -OCH3 is 1.